The first kappa shape index (κ1) is 13.1. The predicted molar refractivity (Wildman–Crippen MR) is 71.0 cm³/mol. The predicted octanol–water partition coefficient (Wildman–Crippen LogP) is 3.31. The summed E-state index contributed by atoms with van der Waals surface area (Å²) in [6.07, 6.45) is 12.2. The van der Waals surface area contributed by atoms with Crippen LogP contribution in [0.15, 0.2) is 0 Å². The molecule has 0 aromatic rings. The normalized spacial score (nSPS) is 24.5. The Balaban J connectivity index is 1.68. The van der Waals surface area contributed by atoms with Gasteiger partial charge in [0, 0.05) is 12.3 Å². The van der Waals surface area contributed by atoms with Crippen molar-refractivity contribution in [1.29, 1.82) is 0 Å². The molecule has 0 unspecified atom stereocenters. The molecule has 0 aromatic carbocycles. The van der Waals surface area contributed by atoms with Gasteiger partial charge in [-0.1, -0.05) is 25.7 Å². The third-order valence-electron chi connectivity index (χ3n) is 4.57. The van der Waals surface area contributed by atoms with Crippen molar-refractivity contribution in [3.63, 3.8) is 0 Å². The van der Waals surface area contributed by atoms with Crippen molar-refractivity contribution >= 4 is 5.78 Å². The van der Waals surface area contributed by atoms with E-state index in [1.165, 1.54) is 51.4 Å². The van der Waals surface area contributed by atoms with Crippen molar-refractivity contribution < 1.29 is 4.79 Å². The van der Waals surface area contributed by atoms with Crippen LogP contribution in [0.4, 0.5) is 0 Å². The van der Waals surface area contributed by atoms with Crippen LogP contribution in [0.5, 0.6) is 0 Å². The largest absolute Gasteiger partial charge is 0.317 e. The number of hydrogen-bond donors (Lipinski definition) is 1. The summed E-state index contributed by atoms with van der Waals surface area (Å²) < 4.78 is 0. The zero-order valence-electron chi connectivity index (χ0n) is 11.0. The summed E-state index contributed by atoms with van der Waals surface area (Å²) in [4.78, 5) is 12.2. The molecule has 1 saturated carbocycles. The Bertz CT molecular complexity index is 225. The van der Waals surface area contributed by atoms with Gasteiger partial charge in [-0.25, -0.2) is 0 Å². The van der Waals surface area contributed by atoms with Crippen molar-refractivity contribution in [2.75, 3.05) is 13.1 Å². The highest BCUT2D eigenvalue weighted by atomic mass is 16.1. The second-order valence-electron chi connectivity index (χ2n) is 5.89. The van der Waals surface area contributed by atoms with Gasteiger partial charge in [-0.3, -0.25) is 4.79 Å². The van der Waals surface area contributed by atoms with Gasteiger partial charge in [0.25, 0.3) is 0 Å². The van der Waals surface area contributed by atoms with Gasteiger partial charge in [0.05, 0.1) is 0 Å². The van der Waals surface area contributed by atoms with Crippen LogP contribution in [0.1, 0.15) is 64.2 Å². The highest BCUT2D eigenvalue weighted by Crippen LogP contribution is 2.26. The van der Waals surface area contributed by atoms with Crippen molar-refractivity contribution in [3.8, 4) is 0 Å². The van der Waals surface area contributed by atoms with Crippen LogP contribution < -0.4 is 5.32 Å². The summed E-state index contributed by atoms with van der Waals surface area (Å²) >= 11 is 0. The number of nitrogens with one attached hydrogen (secondary N) is 1. The molecule has 1 heterocycles. The highest BCUT2D eigenvalue weighted by Gasteiger charge is 2.21. The fourth-order valence-corrected chi connectivity index (χ4v) is 3.32. The lowest BCUT2D eigenvalue weighted by Crippen LogP contribution is -2.28. The minimum atomic E-state index is 0.416. The molecule has 2 heteroatoms. The summed E-state index contributed by atoms with van der Waals surface area (Å²) in [6, 6.07) is 0. The van der Waals surface area contributed by atoms with Crippen LogP contribution in [0.3, 0.4) is 0 Å². The molecule has 1 aliphatic carbocycles. The summed E-state index contributed by atoms with van der Waals surface area (Å²) in [5.41, 5.74) is 0. The minimum absolute atomic E-state index is 0.416. The van der Waals surface area contributed by atoms with Crippen LogP contribution in [0.25, 0.3) is 0 Å². The van der Waals surface area contributed by atoms with Gasteiger partial charge in [-0.2, -0.15) is 0 Å². The lowest BCUT2D eigenvalue weighted by atomic mass is 9.87. The summed E-state index contributed by atoms with van der Waals surface area (Å²) in [5, 5.41) is 3.39. The van der Waals surface area contributed by atoms with E-state index in [1.54, 1.807) is 0 Å². The molecular weight excluding hydrogens is 210 g/mol. The standard InChI is InChI=1S/C15H27NO/c17-15(14-5-3-1-2-4-6-14)8-7-13-9-11-16-12-10-13/h13-14,16H,1-12H2. The van der Waals surface area contributed by atoms with E-state index in [9.17, 15) is 4.79 Å². The van der Waals surface area contributed by atoms with E-state index in [0.717, 1.165) is 31.8 Å². The number of carbonyl (C=O) groups excluding carboxylic acids is 1. The van der Waals surface area contributed by atoms with Crippen LogP contribution in [-0.2, 0) is 4.79 Å². The number of carbonyl (C=O) groups is 1. The van der Waals surface area contributed by atoms with Crippen LogP contribution in [0.2, 0.25) is 0 Å². The lowest BCUT2D eigenvalue weighted by molar-refractivity contribution is -0.123. The summed E-state index contributed by atoms with van der Waals surface area (Å²) in [7, 11) is 0. The van der Waals surface area contributed by atoms with E-state index < -0.39 is 0 Å². The van der Waals surface area contributed by atoms with E-state index in [0.29, 0.717) is 11.7 Å². The third-order valence-corrected chi connectivity index (χ3v) is 4.57. The van der Waals surface area contributed by atoms with Gasteiger partial charge >= 0.3 is 0 Å². The summed E-state index contributed by atoms with van der Waals surface area (Å²) in [6.45, 7) is 2.31. The second-order valence-corrected chi connectivity index (χ2v) is 5.89. The number of ketones is 1. The van der Waals surface area contributed by atoms with Gasteiger partial charge in [0.2, 0.25) is 0 Å². The van der Waals surface area contributed by atoms with Gasteiger partial charge in [-0.15, -0.1) is 0 Å². The lowest BCUT2D eigenvalue weighted by Gasteiger charge is -2.23. The first-order valence-corrected chi connectivity index (χ1v) is 7.59. The Morgan fingerprint density at radius 1 is 0.941 bits per heavy atom. The third kappa shape index (κ3) is 4.42. The number of piperidine rings is 1. The fraction of sp³-hybridized carbons (Fsp3) is 0.933. The van der Waals surface area contributed by atoms with Crippen LogP contribution in [-0.4, -0.2) is 18.9 Å². The number of hydrogen-bond acceptors (Lipinski definition) is 2. The van der Waals surface area contributed by atoms with Crippen LogP contribution in [0, 0.1) is 11.8 Å². The molecule has 1 saturated heterocycles. The molecule has 0 atom stereocenters. The Morgan fingerprint density at radius 2 is 1.59 bits per heavy atom. The smallest absolute Gasteiger partial charge is 0.135 e. The molecule has 0 radical (unpaired) electrons. The van der Waals surface area contributed by atoms with E-state index in [4.69, 9.17) is 0 Å². The molecular formula is C15H27NO. The molecule has 98 valence electrons. The second kappa shape index (κ2) is 7.15. The van der Waals surface area contributed by atoms with E-state index >= 15 is 0 Å². The molecule has 2 rings (SSSR count). The first-order valence-electron chi connectivity index (χ1n) is 7.59. The molecule has 0 aromatic heterocycles. The quantitative estimate of drug-likeness (QED) is 0.760. The molecule has 0 amide bonds. The maximum atomic E-state index is 12.2. The molecule has 2 aliphatic rings. The van der Waals surface area contributed by atoms with Crippen LogP contribution >= 0.6 is 0 Å². The van der Waals surface area contributed by atoms with E-state index in [-0.39, 0.29) is 0 Å². The summed E-state index contributed by atoms with van der Waals surface area (Å²) in [5.74, 6) is 1.80. The van der Waals surface area contributed by atoms with Gasteiger partial charge in [0.1, 0.15) is 5.78 Å². The van der Waals surface area contributed by atoms with E-state index in [2.05, 4.69) is 5.32 Å². The van der Waals surface area contributed by atoms with E-state index in [1.807, 2.05) is 0 Å². The molecule has 2 nitrogen and oxygen atoms in total. The maximum Gasteiger partial charge on any atom is 0.135 e. The van der Waals surface area contributed by atoms with Gasteiger partial charge in [-0.05, 0) is 51.1 Å². The average Bonchev–Trinajstić information content (AvgIpc) is 2.66. The zero-order chi connectivity index (χ0) is 11.9. The molecule has 2 fully saturated rings. The molecule has 0 spiro atoms. The molecule has 17 heavy (non-hydrogen) atoms. The Morgan fingerprint density at radius 3 is 2.24 bits per heavy atom. The minimum Gasteiger partial charge on any atom is -0.317 e. The zero-order valence-corrected chi connectivity index (χ0v) is 11.0. The van der Waals surface area contributed by atoms with Crippen molar-refractivity contribution in [2.45, 2.75) is 64.2 Å². The van der Waals surface area contributed by atoms with Crippen molar-refractivity contribution in [1.82, 2.24) is 5.32 Å². The Labute approximate surface area is 106 Å². The SMILES string of the molecule is O=C(CCC1CCNCC1)C1CCCCCC1. The topological polar surface area (TPSA) is 29.1 Å². The molecule has 0 bridgehead atoms. The monoisotopic (exact) mass is 237 g/mol. The highest BCUT2D eigenvalue weighted by molar-refractivity contribution is 5.80. The fourth-order valence-electron chi connectivity index (χ4n) is 3.32. The maximum absolute atomic E-state index is 12.2. The average molecular weight is 237 g/mol. The van der Waals surface area contributed by atoms with Crippen molar-refractivity contribution in [3.05, 3.63) is 0 Å². The number of Topliss-reactive ketones (excluding diaryl/α,β-unsaturated/α-hetero) is 1. The Kier molecular flexibility index (Phi) is 5.50. The number of rotatable bonds is 4. The molecule has 1 aliphatic heterocycles. The first-order chi connectivity index (χ1) is 8.36. The van der Waals surface area contributed by atoms with Gasteiger partial charge in [0.15, 0.2) is 0 Å². The van der Waals surface area contributed by atoms with Crippen molar-refractivity contribution in [2.24, 2.45) is 11.8 Å². The van der Waals surface area contributed by atoms with Gasteiger partial charge < -0.3 is 5.32 Å². The molecule has 1 N–H and O–H groups in total. The Hall–Kier alpha value is -0.370.